The Morgan fingerprint density at radius 3 is 2.88 bits per heavy atom. The molecular weight excluding hydrogens is 104 g/mol. The average Bonchev–Trinajstić information content (AvgIpc) is 2.29. The summed E-state index contributed by atoms with van der Waals surface area (Å²) in [5.74, 6) is 0. The van der Waals surface area contributed by atoms with E-state index in [1.54, 1.807) is 0 Å². The van der Waals surface area contributed by atoms with Gasteiger partial charge in [0.1, 0.15) is 12.2 Å². The van der Waals surface area contributed by atoms with E-state index in [1.807, 2.05) is 13.0 Å². The molecule has 0 bridgehead atoms. The lowest BCUT2D eigenvalue weighted by molar-refractivity contribution is 0.0612. The van der Waals surface area contributed by atoms with Gasteiger partial charge in [-0.05, 0) is 12.5 Å². The second-order valence-corrected chi connectivity index (χ2v) is 2.37. The molecule has 44 valence electrons. The summed E-state index contributed by atoms with van der Waals surface area (Å²) >= 11 is 0. The summed E-state index contributed by atoms with van der Waals surface area (Å²) in [7, 11) is 0. The fourth-order valence-corrected chi connectivity index (χ4v) is 1.13. The Labute approximate surface area is 47.8 Å². The zero-order valence-corrected chi connectivity index (χ0v) is 4.66. The van der Waals surface area contributed by atoms with Crippen molar-refractivity contribution >= 4 is 0 Å². The minimum absolute atomic E-state index is 0.0741. The number of rotatable bonds is 0. The van der Waals surface area contributed by atoms with Crippen molar-refractivity contribution in [3.8, 4) is 0 Å². The molecule has 1 aliphatic carbocycles. The first kappa shape index (κ1) is 4.53. The average molecular weight is 112 g/mol. The first-order valence-electron chi connectivity index (χ1n) is 2.84. The molecule has 1 fully saturated rings. The number of fused-ring (bicyclic) bond motifs is 1. The molecule has 1 heterocycles. The third-order valence-electron chi connectivity index (χ3n) is 1.64. The lowest BCUT2D eigenvalue weighted by Crippen LogP contribution is -2.06. The standard InChI is InChI=1S/C6H8O2/c1-3-2-4-5(7)6(4)8-3/h2-3,5-7H,1H3. The summed E-state index contributed by atoms with van der Waals surface area (Å²) < 4.78 is 5.20. The molecule has 3 atom stereocenters. The molecule has 0 radical (unpaired) electrons. The van der Waals surface area contributed by atoms with Gasteiger partial charge in [0.25, 0.3) is 0 Å². The van der Waals surface area contributed by atoms with Crippen LogP contribution < -0.4 is 0 Å². The third-order valence-corrected chi connectivity index (χ3v) is 1.64. The van der Waals surface area contributed by atoms with Gasteiger partial charge in [0.05, 0.1) is 6.10 Å². The normalized spacial score (nSPS) is 50.8. The van der Waals surface area contributed by atoms with Crippen molar-refractivity contribution in [2.75, 3.05) is 0 Å². The molecule has 0 aromatic heterocycles. The quantitative estimate of drug-likeness (QED) is 0.449. The highest BCUT2D eigenvalue weighted by molar-refractivity contribution is 5.38. The van der Waals surface area contributed by atoms with Gasteiger partial charge in [0.15, 0.2) is 0 Å². The van der Waals surface area contributed by atoms with Crippen LogP contribution >= 0.6 is 0 Å². The Hall–Kier alpha value is -0.340. The van der Waals surface area contributed by atoms with Gasteiger partial charge in [-0.25, -0.2) is 0 Å². The van der Waals surface area contributed by atoms with Crippen LogP contribution in [0.3, 0.4) is 0 Å². The molecule has 0 amide bonds. The van der Waals surface area contributed by atoms with Crippen LogP contribution in [0, 0.1) is 0 Å². The van der Waals surface area contributed by atoms with E-state index >= 15 is 0 Å². The van der Waals surface area contributed by atoms with Crippen molar-refractivity contribution in [3.63, 3.8) is 0 Å². The van der Waals surface area contributed by atoms with Crippen LogP contribution in [0.4, 0.5) is 0 Å². The summed E-state index contributed by atoms with van der Waals surface area (Å²) in [5, 5.41) is 8.87. The van der Waals surface area contributed by atoms with Gasteiger partial charge < -0.3 is 9.84 Å². The van der Waals surface area contributed by atoms with E-state index in [0.717, 1.165) is 5.57 Å². The Morgan fingerprint density at radius 2 is 2.50 bits per heavy atom. The molecule has 1 saturated carbocycles. The molecule has 1 N–H and O–H groups in total. The van der Waals surface area contributed by atoms with E-state index in [1.165, 1.54) is 0 Å². The predicted octanol–water partition coefficient (Wildman–Crippen LogP) is 0.0746. The Bertz CT molecular complexity index is 151. The van der Waals surface area contributed by atoms with E-state index in [9.17, 15) is 0 Å². The van der Waals surface area contributed by atoms with Crippen molar-refractivity contribution in [2.24, 2.45) is 0 Å². The summed E-state index contributed by atoms with van der Waals surface area (Å²) in [4.78, 5) is 0. The topological polar surface area (TPSA) is 29.5 Å². The minimum Gasteiger partial charge on any atom is -0.386 e. The second kappa shape index (κ2) is 1.14. The van der Waals surface area contributed by atoms with Crippen molar-refractivity contribution < 1.29 is 9.84 Å². The zero-order valence-electron chi connectivity index (χ0n) is 4.66. The van der Waals surface area contributed by atoms with Crippen LogP contribution in [0.15, 0.2) is 11.6 Å². The van der Waals surface area contributed by atoms with Crippen LogP contribution in [-0.2, 0) is 4.74 Å². The van der Waals surface area contributed by atoms with Crippen molar-refractivity contribution in [1.29, 1.82) is 0 Å². The summed E-state index contributed by atoms with van der Waals surface area (Å²) in [6, 6.07) is 0. The maximum absolute atomic E-state index is 8.87. The highest BCUT2D eigenvalue weighted by atomic mass is 16.5. The van der Waals surface area contributed by atoms with Crippen LogP contribution in [0.25, 0.3) is 0 Å². The lowest BCUT2D eigenvalue weighted by Gasteiger charge is -2.01. The summed E-state index contributed by atoms with van der Waals surface area (Å²) in [6.07, 6.45) is 2.03. The summed E-state index contributed by atoms with van der Waals surface area (Å²) in [6.45, 7) is 1.98. The molecule has 0 aromatic carbocycles. The first-order valence-corrected chi connectivity index (χ1v) is 2.84. The van der Waals surface area contributed by atoms with Crippen LogP contribution in [0.2, 0.25) is 0 Å². The Kier molecular flexibility index (Phi) is 0.648. The molecule has 1 aliphatic heterocycles. The molecule has 2 aliphatic rings. The van der Waals surface area contributed by atoms with Crippen molar-refractivity contribution in [2.45, 2.75) is 25.2 Å². The highest BCUT2D eigenvalue weighted by Gasteiger charge is 2.48. The van der Waals surface area contributed by atoms with Gasteiger partial charge in [-0.15, -0.1) is 0 Å². The van der Waals surface area contributed by atoms with Gasteiger partial charge in [0, 0.05) is 0 Å². The first-order chi connectivity index (χ1) is 3.79. The smallest absolute Gasteiger partial charge is 0.112 e. The largest absolute Gasteiger partial charge is 0.386 e. The lowest BCUT2D eigenvalue weighted by atomic mass is 10.4. The van der Waals surface area contributed by atoms with Gasteiger partial charge in [-0.2, -0.15) is 0 Å². The molecule has 3 unspecified atom stereocenters. The predicted molar refractivity (Wildman–Crippen MR) is 28.4 cm³/mol. The molecule has 2 heteroatoms. The number of aliphatic hydroxyl groups is 1. The maximum atomic E-state index is 8.87. The fraction of sp³-hybridized carbons (Fsp3) is 0.667. The number of hydrogen-bond acceptors (Lipinski definition) is 2. The van der Waals surface area contributed by atoms with Crippen LogP contribution in [0.5, 0.6) is 0 Å². The monoisotopic (exact) mass is 112 g/mol. The minimum atomic E-state index is -0.258. The second-order valence-electron chi connectivity index (χ2n) is 2.37. The SMILES string of the molecule is CC1C=C2C(O)C2O1. The zero-order chi connectivity index (χ0) is 5.72. The maximum Gasteiger partial charge on any atom is 0.112 e. The Balaban J connectivity index is 2.20. The molecule has 0 aromatic rings. The number of ether oxygens (including phenoxy) is 1. The fourth-order valence-electron chi connectivity index (χ4n) is 1.13. The van der Waals surface area contributed by atoms with Crippen LogP contribution in [0.1, 0.15) is 6.92 Å². The van der Waals surface area contributed by atoms with Gasteiger partial charge in [-0.1, -0.05) is 6.08 Å². The molecule has 2 rings (SSSR count). The van der Waals surface area contributed by atoms with Crippen LogP contribution in [-0.4, -0.2) is 23.4 Å². The van der Waals surface area contributed by atoms with Gasteiger partial charge >= 0.3 is 0 Å². The van der Waals surface area contributed by atoms with Gasteiger partial charge in [0.2, 0.25) is 0 Å². The molecule has 2 nitrogen and oxygen atoms in total. The van der Waals surface area contributed by atoms with Crippen molar-refractivity contribution in [3.05, 3.63) is 11.6 Å². The highest BCUT2D eigenvalue weighted by Crippen LogP contribution is 2.40. The molecule has 0 saturated heterocycles. The van der Waals surface area contributed by atoms with Crippen molar-refractivity contribution in [1.82, 2.24) is 0 Å². The molecule has 8 heavy (non-hydrogen) atoms. The van der Waals surface area contributed by atoms with E-state index < -0.39 is 0 Å². The summed E-state index contributed by atoms with van der Waals surface area (Å²) in [5.41, 5.74) is 1.08. The van der Waals surface area contributed by atoms with E-state index in [0.29, 0.717) is 0 Å². The Morgan fingerprint density at radius 1 is 1.75 bits per heavy atom. The van der Waals surface area contributed by atoms with Gasteiger partial charge in [-0.3, -0.25) is 0 Å². The molecule has 0 spiro atoms. The molecular formula is C6H8O2. The van der Waals surface area contributed by atoms with E-state index in [2.05, 4.69) is 0 Å². The van der Waals surface area contributed by atoms with E-state index in [4.69, 9.17) is 9.84 Å². The number of aliphatic hydroxyl groups excluding tert-OH is 1. The van der Waals surface area contributed by atoms with E-state index in [-0.39, 0.29) is 18.3 Å². The number of hydrogen-bond donors (Lipinski definition) is 1. The third kappa shape index (κ3) is 0.394.